The number of rotatable bonds is 3. The van der Waals surface area contributed by atoms with Crippen molar-refractivity contribution >= 4 is 5.69 Å². The molecule has 0 saturated heterocycles. The van der Waals surface area contributed by atoms with Crippen molar-refractivity contribution < 1.29 is 13.2 Å². The molecule has 1 unspecified atom stereocenters. The second-order valence-electron chi connectivity index (χ2n) is 4.31. The van der Waals surface area contributed by atoms with E-state index in [9.17, 15) is 13.2 Å². The molecule has 0 fully saturated rings. The van der Waals surface area contributed by atoms with Gasteiger partial charge in [0.25, 0.3) is 0 Å². The number of anilines is 1. The van der Waals surface area contributed by atoms with Gasteiger partial charge in [0.1, 0.15) is 23.5 Å². The molecule has 0 aromatic heterocycles. The van der Waals surface area contributed by atoms with E-state index in [1.807, 2.05) is 0 Å². The van der Waals surface area contributed by atoms with Crippen LogP contribution in [-0.4, -0.2) is 0 Å². The highest BCUT2D eigenvalue weighted by Gasteiger charge is 2.16. The highest BCUT2D eigenvalue weighted by atomic mass is 19.1. The number of nitrogens with one attached hydrogen (secondary N) is 1. The van der Waals surface area contributed by atoms with Gasteiger partial charge in [0.2, 0.25) is 0 Å². The predicted octanol–water partition coefficient (Wildman–Crippen LogP) is 4.15. The zero-order valence-electron chi connectivity index (χ0n) is 10.6. The summed E-state index contributed by atoms with van der Waals surface area (Å²) < 4.78 is 40.4. The van der Waals surface area contributed by atoms with E-state index in [0.717, 1.165) is 6.07 Å². The molecule has 5 heteroatoms. The van der Waals surface area contributed by atoms with Crippen LogP contribution in [0.25, 0.3) is 0 Å². The van der Waals surface area contributed by atoms with Gasteiger partial charge in [-0.15, -0.1) is 0 Å². The van der Waals surface area contributed by atoms with Crippen molar-refractivity contribution in [3.63, 3.8) is 0 Å². The number of nitriles is 1. The van der Waals surface area contributed by atoms with Gasteiger partial charge < -0.3 is 5.32 Å². The van der Waals surface area contributed by atoms with E-state index < -0.39 is 23.5 Å². The number of hydrogen-bond acceptors (Lipinski definition) is 2. The normalized spacial score (nSPS) is 11.8. The lowest BCUT2D eigenvalue weighted by molar-refractivity contribution is 0.544. The molecule has 0 aliphatic rings. The maximum Gasteiger partial charge on any atom is 0.141 e. The Morgan fingerprint density at radius 2 is 1.70 bits per heavy atom. The Balaban J connectivity index is 2.28. The fraction of sp³-hybridized carbons (Fsp3) is 0.133. The van der Waals surface area contributed by atoms with Crippen LogP contribution in [0.15, 0.2) is 36.4 Å². The molecule has 0 aliphatic heterocycles. The Morgan fingerprint density at radius 3 is 2.30 bits per heavy atom. The van der Waals surface area contributed by atoms with Crippen molar-refractivity contribution in [3.8, 4) is 6.07 Å². The lowest BCUT2D eigenvalue weighted by atomic mass is 10.1. The van der Waals surface area contributed by atoms with Gasteiger partial charge in [0.15, 0.2) is 0 Å². The quantitative estimate of drug-likeness (QED) is 0.914. The number of halogens is 3. The minimum Gasteiger partial charge on any atom is -0.378 e. The summed E-state index contributed by atoms with van der Waals surface area (Å²) in [6.07, 6.45) is 0. The maximum atomic E-state index is 13.6. The molecule has 2 nitrogen and oxygen atoms in total. The van der Waals surface area contributed by atoms with Crippen LogP contribution in [0.5, 0.6) is 0 Å². The average molecular weight is 276 g/mol. The lowest BCUT2D eigenvalue weighted by Gasteiger charge is -2.17. The van der Waals surface area contributed by atoms with Gasteiger partial charge in [-0.1, -0.05) is 6.07 Å². The van der Waals surface area contributed by atoms with Crippen LogP contribution in [0.4, 0.5) is 18.9 Å². The van der Waals surface area contributed by atoms with Crippen molar-refractivity contribution in [1.82, 2.24) is 0 Å². The Hall–Kier alpha value is -2.48. The molecule has 2 aromatic rings. The summed E-state index contributed by atoms with van der Waals surface area (Å²) in [5.74, 6) is -1.96. The van der Waals surface area contributed by atoms with E-state index in [4.69, 9.17) is 5.26 Å². The SMILES string of the molecule is CC(Nc1ccc(F)c(C#N)c1)c1c(F)cccc1F. The van der Waals surface area contributed by atoms with Crippen molar-refractivity contribution in [3.05, 3.63) is 65.0 Å². The molecule has 1 N–H and O–H groups in total. The van der Waals surface area contributed by atoms with Crippen LogP contribution in [-0.2, 0) is 0 Å². The Labute approximate surface area is 114 Å². The van der Waals surface area contributed by atoms with Gasteiger partial charge in [-0.25, -0.2) is 13.2 Å². The van der Waals surface area contributed by atoms with Crippen molar-refractivity contribution in [1.29, 1.82) is 5.26 Å². The minimum atomic E-state index is -0.660. The van der Waals surface area contributed by atoms with Crippen LogP contribution >= 0.6 is 0 Å². The summed E-state index contributed by atoms with van der Waals surface area (Å²) in [6.45, 7) is 1.58. The lowest BCUT2D eigenvalue weighted by Crippen LogP contribution is -2.11. The fourth-order valence-corrected chi connectivity index (χ4v) is 1.95. The number of hydrogen-bond donors (Lipinski definition) is 1. The highest BCUT2D eigenvalue weighted by molar-refractivity contribution is 5.51. The monoisotopic (exact) mass is 276 g/mol. The molecular formula is C15H11F3N2. The molecule has 0 saturated carbocycles. The van der Waals surface area contributed by atoms with Gasteiger partial charge >= 0.3 is 0 Å². The summed E-state index contributed by atoms with van der Waals surface area (Å²) in [4.78, 5) is 0. The Kier molecular flexibility index (Phi) is 3.94. The second-order valence-corrected chi connectivity index (χ2v) is 4.31. The van der Waals surface area contributed by atoms with E-state index in [2.05, 4.69) is 5.32 Å². The molecule has 1 atom stereocenters. The van der Waals surface area contributed by atoms with Crippen LogP contribution in [0.2, 0.25) is 0 Å². The predicted molar refractivity (Wildman–Crippen MR) is 69.5 cm³/mol. The summed E-state index contributed by atoms with van der Waals surface area (Å²) in [5.41, 5.74) is 0.185. The third-order valence-electron chi connectivity index (χ3n) is 2.90. The average Bonchev–Trinajstić information content (AvgIpc) is 2.40. The van der Waals surface area contributed by atoms with Crippen molar-refractivity contribution in [2.75, 3.05) is 5.32 Å². The molecule has 0 heterocycles. The molecule has 0 spiro atoms. The van der Waals surface area contributed by atoms with Crippen LogP contribution in [0.1, 0.15) is 24.1 Å². The summed E-state index contributed by atoms with van der Waals surface area (Å²) in [5, 5.41) is 11.6. The standard InChI is InChI=1S/C15H11F3N2/c1-9(15-13(17)3-2-4-14(15)18)20-11-5-6-12(16)10(7-11)8-19/h2-7,9,20H,1H3. The van der Waals surface area contributed by atoms with Gasteiger partial charge in [-0.3, -0.25) is 0 Å². The molecule has 0 radical (unpaired) electrons. The topological polar surface area (TPSA) is 35.8 Å². The molecule has 2 aromatic carbocycles. The third kappa shape index (κ3) is 2.75. The first-order valence-corrected chi connectivity index (χ1v) is 5.93. The van der Waals surface area contributed by atoms with Crippen LogP contribution in [0, 0.1) is 28.8 Å². The first-order valence-electron chi connectivity index (χ1n) is 5.93. The first-order chi connectivity index (χ1) is 9.52. The third-order valence-corrected chi connectivity index (χ3v) is 2.90. The summed E-state index contributed by atoms with van der Waals surface area (Å²) >= 11 is 0. The smallest absolute Gasteiger partial charge is 0.141 e. The first kappa shape index (κ1) is 13.9. The number of nitrogens with zero attached hydrogens (tertiary/aromatic N) is 1. The summed E-state index contributed by atoms with van der Waals surface area (Å²) in [7, 11) is 0. The van der Waals surface area contributed by atoms with Crippen molar-refractivity contribution in [2.24, 2.45) is 0 Å². The zero-order valence-corrected chi connectivity index (χ0v) is 10.6. The van der Waals surface area contributed by atoms with Crippen LogP contribution < -0.4 is 5.32 Å². The molecule has 102 valence electrons. The largest absolute Gasteiger partial charge is 0.378 e. The van der Waals surface area contributed by atoms with Crippen molar-refractivity contribution in [2.45, 2.75) is 13.0 Å². The second kappa shape index (κ2) is 5.66. The van der Waals surface area contributed by atoms with E-state index in [1.165, 1.54) is 30.3 Å². The maximum absolute atomic E-state index is 13.6. The molecule has 0 aliphatic carbocycles. The molecule has 0 bridgehead atoms. The summed E-state index contributed by atoms with van der Waals surface area (Å²) in [6, 6.07) is 8.51. The van der Waals surface area contributed by atoms with E-state index in [-0.39, 0.29) is 11.1 Å². The highest BCUT2D eigenvalue weighted by Crippen LogP contribution is 2.25. The molecule has 2 rings (SSSR count). The zero-order chi connectivity index (χ0) is 14.7. The van der Waals surface area contributed by atoms with Crippen LogP contribution in [0.3, 0.4) is 0 Å². The van der Waals surface area contributed by atoms with Gasteiger partial charge in [-0.2, -0.15) is 5.26 Å². The Morgan fingerprint density at radius 1 is 1.05 bits per heavy atom. The molecule has 0 amide bonds. The van der Waals surface area contributed by atoms with Gasteiger partial charge in [0.05, 0.1) is 11.6 Å². The van der Waals surface area contributed by atoms with E-state index >= 15 is 0 Å². The molecular weight excluding hydrogens is 265 g/mol. The van der Waals surface area contributed by atoms with E-state index in [0.29, 0.717) is 5.69 Å². The fourth-order valence-electron chi connectivity index (χ4n) is 1.95. The van der Waals surface area contributed by atoms with Gasteiger partial charge in [0, 0.05) is 11.3 Å². The van der Waals surface area contributed by atoms with E-state index in [1.54, 1.807) is 13.0 Å². The molecule has 20 heavy (non-hydrogen) atoms. The number of benzene rings is 2. The Bertz CT molecular complexity index is 657. The van der Waals surface area contributed by atoms with Gasteiger partial charge in [-0.05, 0) is 37.3 Å². The minimum absolute atomic E-state index is 0.102.